The fourth-order valence-electron chi connectivity index (χ4n) is 2.56. The van der Waals surface area contributed by atoms with Crippen LogP contribution in [0, 0.1) is 5.82 Å². The maximum absolute atomic E-state index is 13.2. The lowest BCUT2D eigenvalue weighted by Crippen LogP contribution is -2.48. The van der Waals surface area contributed by atoms with Crippen molar-refractivity contribution in [2.24, 2.45) is 0 Å². The van der Waals surface area contributed by atoms with Crippen LogP contribution in [0.4, 0.5) is 4.39 Å². The number of hydrogen-bond donors (Lipinski definition) is 0. The molecule has 1 aliphatic heterocycles. The molecule has 0 saturated carbocycles. The van der Waals surface area contributed by atoms with Crippen molar-refractivity contribution in [2.45, 2.75) is 11.4 Å². The van der Waals surface area contributed by atoms with Gasteiger partial charge in [0.1, 0.15) is 5.82 Å². The molecule has 1 aromatic carbocycles. The molecule has 0 radical (unpaired) electrons. The Morgan fingerprint density at radius 3 is 2.50 bits per heavy atom. The van der Waals surface area contributed by atoms with Crippen molar-refractivity contribution in [1.29, 1.82) is 0 Å². The largest absolute Gasteiger partial charge is 0.296 e. The molecule has 0 N–H and O–H groups in total. The maximum Gasteiger partial charge on any atom is 0.243 e. The van der Waals surface area contributed by atoms with E-state index in [-0.39, 0.29) is 9.92 Å². The molecule has 24 heavy (non-hydrogen) atoms. The second-order valence-electron chi connectivity index (χ2n) is 5.45. The van der Waals surface area contributed by atoms with E-state index in [1.165, 1.54) is 21.3 Å². The van der Waals surface area contributed by atoms with Gasteiger partial charge in [0, 0.05) is 42.1 Å². The quantitative estimate of drug-likeness (QED) is 0.707. The minimum atomic E-state index is -3.65. The van der Waals surface area contributed by atoms with Crippen LogP contribution in [0.2, 0.25) is 5.02 Å². The summed E-state index contributed by atoms with van der Waals surface area (Å²) in [4.78, 5) is 3.49. The summed E-state index contributed by atoms with van der Waals surface area (Å²) in [5, 5.41) is 1.84. The summed E-state index contributed by atoms with van der Waals surface area (Å²) in [6.07, 6.45) is 0. The van der Waals surface area contributed by atoms with Gasteiger partial charge in [0.15, 0.2) is 0 Å². The molecular formula is C15H15BrClFN2O2S2. The first kappa shape index (κ1) is 18.3. The van der Waals surface area contributed by atoms with E-state index in [9.17, 15) is 12.8 Å². The number of rotatable bonds is 4. The van der Waals surface area contributed by atoms with Gasteiger partial charge in [-0.05, 0) is 45.6 Å². The average Bonchev–Trinajstić information content (AvgIpc) is 2.95. The zero-order valence-electron chi connectivity index (χ0n) is 12.6. The lowest BCUT2D eigenvalue weighted by Gasteiger charge is -2.33. The summed E-state index contributed by atoms with van der Waals surface area (Å²) in [6, 6.07) is 5.52. The van der Waals surface area contributed by atoms with Crippen LogP contribution in [-0.4, -0.2) is 43.8 Å². The summed E-state index contributed by atoms with van der Waals surface area (Å²) in [6.45, 7) is 2.91. The van der Waals surface area contributed by atoms with E-state index < -0.39 is 15.8 Å². The molecule has 0 unspecified atom stereocenters. The summed E-state index contributed by atoms with van der Waals surface area (Å²) in [5.74, 6) is -0.623. The van der Waals surface area contributed by atoms with Gasteiger partial charge in [0.25, 0.3) is 0 Å². The van der Waals surface area contributed by atoms with Gasteiger partial charge < -0.3 is 0 Å². The summed E-state index contributed by atoms with van der Waals surface area (Å²) in [7, 11) is -3.65. The van der Waals surface area contributed by atoms with Crippen LogP contribution in [0.1, 0.15) is 4.88 Å². The van der Waals surface area contributed by atoms with Crippen LogP contribution in [0.3, 0.4) is 0 Å². The number of halogens is 3. The van der Waals surface area contributed by atoms with Gasteiger partial charge in [0.05, 0.1) is 9.92 Å². The number of hydrogen-bond acceptors (Lipinski definition) is 4. The highest BCUT2D eigenvalue weighted by atomic mass is 79.9. The van der Waals surface area contributed by atoms with E-state index in [1.54, 1.807) is 11.3 Å². The predicted octanol–water partition coefficient (Wildman–Crippen LogP) is 3.81. The number of nitrogens with zero attached hydrogens (tertiary/aromatic N) is 2. The van der Waals surface area contributed by atoms with Crippen molar-refractivity contribution < 1.29 is 12.8 Å². The molecule has 3 rings (SSSR count). The highest BCUT2D eigenvalue weighted by molar-refractivity contribution is 9.10. The molecule has 1 fully saturated rings. The smallest absolute Gasteiger partial charge is 0.243 e. The van der Waals surface area contributed by atoms with E-state index in [1.807, 2.05) is 11.4 Å². The minimum absolute atomic E-state index is 0.0309. The molecule has 1 saturated heterocycles. The molecule has 0 bridgehead atoms. The highest BCUT2D eigenvalue weighted by Crippen LogP contribution is 2.26. The Labute approximate surface area is 158 Å². The highest BCUT2D eigenvalue weighted by Gasteiger charge is 2.29. The SMILES string of the molecule is O=S(=O)(c1ccc(F)c(Cl)c1)N1CCN(Cc2sccc2Br)CC1. The second kappa shape index (κ2) is 7.39. The van der Waals surface area contributed by atoms with Crippen LogP contribution in [0.15, 0.2) is 39.0 Å². The summed E-state index contributed by atoms with van der Waals surface area (Å²) >= 11 is 10.9. The second-order valence-corrected chi connectivity index (χ2v) is 9.65. The van der Waals surface area contributed by atoms with Crippen molar-refractivity contribution in [3.63, 3.8) is 0 Å². The monoisotopic (exact) mass is 452 g/mol. The molecule has 0 amide bonds. The molecule has 2 aromatic rings. The van der Waals surface area contributed by atoms with Crippen molar-refractivity contribution in [3.05, 3.63) is 49.8 Å². The Bertz CT molecular complexity index is 836. The standard InChI is InChI=1S/C15H15BrClFN2O2S2/c16-12-3-8-23-15(12)10-19-4-6-20(7-5-19)24(21,22)11-1-2-14(18)13(17)9-11/h1-3,8-9H,4-7,10H2. The van der Waals surface area contributed by atoms with Crippen molar-refractivity contribution in [3.8, 4) is 0 Å². The number of sulfonamides is 1. The van der Waals surface area contributed by atoms with E-state index in [2.05, 4.69) is 20.8 Å². The first-order valence-electron chi connectivity index (χ1n) is 7.27. The number of benzene rings is 1. The number of thiophene rings is 1. The third-order valence-corrected chi connectivity index (χ3v) is 8.01. The molecular weight excluding hydrogens is 439 g/mol. The molecule has 4 nitrogen and oxygen atoms in total. The van der Waals surface area contributed by atoms with Gasteiger partial charge in [-0.3, -0.25) is 4.90 Å². The third-order valence-electron chi connectivity index (χ3n) is 3.92. The Morgan fingerprint density at radius 2 is 1.92 bits per heavy atom. The minimum Gasteiger partial charge on any atom is -0.296 e. The van der Waals surface area contributed by atoms with Gasteiger partial charge in [0.2, 0.25) is 10.0 Å². The van der Waals surface area contributed by atoms with E-state index in [0.29, 0.717) is 26.2 Å². The first-order valence-corrected chi connectivity index (χ1v) is 10.8. The maximum atomic E-state index is 13.2. The number of piperazine rings is 1. The molecule has 0 spiro atoms. The molecule has 0 atom stereocenters. The zero-order valence-corrected chi connectivity index (χ0v) is 16.6. The third kappa shape index (κ3) is 3.84. The van der Waals surface area contributed by atoms with Gasteiger partial charge in [-0.25, -0.2) is 12.8 Å². The van der Waals surface area contributed by atoms with Crippen LogP contribution in [0.25, 0.3) is 0 Å². The van der Waals surface area contributed by atoms with E-state index in [0.717, 1.165) is 17.1 Å². The first-order chi connectivity index (χ1) is 11.4. The van der Waals surface area contributed by atoms with E-state index in [4.69, 9.17) is 11.6 Å². The van der Waals surface area contributed by atoms with Crippen LogP contribution >= 0.6 is 38.9 Å². The molecule has 1 aromatic heterocycles. The summed E-state index contributed by atoms with van der Waals surface area (Å²) in [5.41, 5.74) is 0. The fourth-order valence-corrected chi connectivity index (χ4v) is 5.77. The van der Waals surface area contributed by atoms with Crippen LogP contribution in [0.5, 0.6) is 0 Å². The van der Waals surface area contributed by atoms with Crippen molar-refractivity contribution in [1.82, 2.24) is 9.21 Å². The Hall–Kier alpha value is -0.510. The predicted molar refractivity (Wildman–Crippen MR) is 97.5 cm³/mol. The molecule has 9 heteroatoms. The molecule has 2 heterocycles. The Morgan fingerprint density at radius 1 is 1.21 bits per heavy atom. The van der Waals surface area contributed by atoms with Crippen molar-refractivity contribution in [2.75, 3.05) is 26.2 Å². The Balaban J connectivity index is 1.67. The van der Waals surface area contributed by atoms with Gasteiger partial charge in [-0.1, -0.05) is 11.6 Å². The van der Waals surface area contributed by atoms with Crippen LogP contribution < -0.4 is 0 Å². The summed E-state index contributed by atoms with van der Waals surface area (Å²) < 4.78 is 41.1. The topological polar surface area (TPSA) is 40.6 Å². The van der Waals surface area contributed by atoms with Gasteiger partial charge in [-0.2, -0.15) is 4.31 Å². The van der Waals surface area contributed by atoms with Gasteiger partial charge >= 0.3 is 0 Å². The average molecular weight is 454 g/mol. The van der Waals surface area contributed by atoms with E-state index >= 15 is 0 Å². The lowest BCUT2D eigenvalue weighted by atomic mass is 10.3. The Kier molecular flexibility index (Phi) is 5.63. The molecule has 130 valence electrons. The van der Waals surface area contributed by atoms with Crippen molar-refractivity contribution >= 4 is 48.9 Å². The van der Waals surface area contributed by atoms with Gasteiger partial charge in [-0.15, -0.1) is 11.3 Å². The zero-order chi connectivity index (χ0) is 17.3. The normalized spacial score (nSPS) is 17.3. The van der Waals surface area contributed by atoms with Crippen LogP contribution in [-0.2, 0) is 16.6 Å². The molecule has 0 aliphatic carbocycles. The molecule has 1 aliphatic rings. The lowest BCUT2D eigenvalue weighted by molar-refractivity contribution is 0.182. The fraction of sp³-hybridized carbons (Fsp3) is 0.333.